The van der Waals surface area contributed by atoms with Crippen molar-refractivity contribution >= 4 is 35.0 Å². The summed E-state index contributed by atoms with van der Waals surface area (Å²) in [6, 6.07) is 0. The van der Waals surface area contributed by atoms with E-state index in [1.54, 1.807) is 0 Å². The van der Waals surface area contributed by atoms with Crippen LogP contribution in [0, 0.1) is 46.5 Å². The molecule has 0 heterocycles. The van der Waals surface area contributed by atoms with Crippen LogP contribution >= 0.6 is 0 Å². The number of halogens is 8. The van der Waals surface area contributed by atoms with E-state index < -0.39 is 94.3 Å². The number of carbonyl (C=O) groups is 2. The Morgan fingerprint density at radius 2 is 0.821 bits per heavy atom. The van der Waals surface area contributed by atoms with Gasteiger partial charge in [-0.2, -0.15) is 17.6 Å². The van der Waals surface area contributed by atoms with Crippen LogP contribution in [-0.4, -0.2) is 61.4 Å². The number of carbonyl (C=O) groups excluding carboxylic acids is 2. The molecule has 0 aliphatic carbocycles. The molecule has 0 radical (unpaired) electrons. The normalized spacial score (nSPS) is 9.85. The van der Waals surface area contributed by atoms with Gasteiger partial charge < -0.3 is 38.7 Å². The molecular formula is C22H14F8MgO8. The van der Waals surface area contributed by atoms with Crippen LogP contribution in [0.5, 0.6) is 11.5 Å². The third-order valence-electron chi connectivity index (χ3n) is 3.99. The molecule has 39 heavy (non-hydrogen) atoms. The molecule has 2 rings (SSSR count). The smallest absolute Gasteiger partial charge is 0.545 e. The molecule has 0 aliphatic heterocycles. The Labute approximate surface area is 230 Å². The molecule has 0 saturated carbocycles. The second-order valence-electron chi connectivity index (χ2n) is 6.27. The average molecular weight is 583 g/mol. The number of hydrogen-bond acceptors (Lipinski definition) is 8. The zero-order chi connectivity index (χ0) is 29.2. The van der Waals surface area contributed by atoms with E-state index in [1.165, 1.54) is 0 Å². The van der Waals surface area contributed by atoms with Crippen molar-refractivity contribution < 1.29 is 73.9 Å². The third-order valence-corrected chi connectivity index (χ3v) is 3.99. The Balaban J connectivity index is 0.000000722. The van der Waals surface area contributed by atoms with Crippen molar-refractivity contribution in [1.82, 2.24) is 0 Å². The molecule has 2 aromatic rings. The zero-order valence-corrected chi connectivity index (χ0v) is 20.8. The summed E-state index contributed by atoms with van der Waals surface area (Å²) in [7, 11) is 0. The fraction of sp³-hybridized carbons (Fsp3) is 0.182. The minimum Gasteiger partial charge on any atom is -0.545 e. The molecule has 2 aromatic carbocycles. The first-order valence-electron chi connectivity index (χ1n) is 9.68. The van der Waals surface area contributed by atoms with Crippen LogP contribution in [-0.2, 0) is 9.47 Å². The molecule has 0 unspecified atom stereocenters. The molecule has 0 atom stereocenters. The summed E-state index contributed by atoms with van der Waals surface area (Å²) >= 11 is 0. The fourth-order valence-corrected chi connectivity index (χ4v) is 2.39. The van der Waals surface area contributed by atoms with Crippen molar-refractivity contribution in [3.8, 4) is 11.5 Å². The molecule has 208 valence electrons. The van der Waals surface area contributed by atoms with Gasteiger partial charge in [-0.3, -0.25) is 0 Å². The SMILES string of the molecule is C=COCCOc1c(F)c(F)c(C(=O)[O-])c(F)c1F.C=COCCOc1c(F)c(F)c(C(=O)[O-])c(F)c1F.[Mg+2]. The Kier molecular flexibility index (Phi) is 14.7. The first-order chi connectivity index (χ1) is 17.8. The molecule has 0 amide bonds. The Morgan fingerprint density at radius 1 is 0.564 bits per heavy atom. The summed E-state index contributed by atoms with van der Waals surface area (Å²) in [6.07, 6.45) is 2.05. The van der Waals surface area contributed by atoms with Gasteiger partial charge in [-0.1, -0.05) is 13.2 Å². The molecule has 0 bridgehead atoms. The maximum Gasteiger partial charge on any atom is 2.00 e. The summed E-state index contributed by atoms with van der Waals surface area (Å²) in [5, 5.41) is 20.7. The van der Waals surface area contributed by atoms with E-state index in [4.69, 9.17) is 0 Å². The molecular weight excluding hydrogens is 569 g/mol. The summed E-state index contributed by atoms with van der Waals surface area (Å²) in [6.45, 7) is 5.16. The predicted molar refractivity (Wildman–Crippen MR) is 110 cm³/mol. The van der Waals surface area contributed by atoms with Gasteiger partial charge in [0.2, 0.25) is 23.3 Å². The monoisotopic (exact) mass is 582 g/mol. The number of hydrogen-bond donors (Lipinski definition) is 0. The predicted octanol–water partition coefficient (Wildman–Crippen LogP) is 1.91. The van der Waals surface area contributed by atoms with Gasteiger partial charge in [0.1, 0.15) is 26.4 Å². The van der Waals surface area contributed by atoms with Crippen LogP contribution < -0.4 is 19.7 Å². The largest absolute Gasteiger partial charge is 2.00 e. The summed E-state index contributed by atoms with van der Waals surface area (Å²) in [4.78, 5) is 20.7. The van der Waals surface area contributed by atoms with E-state index in [9.17, 15) is 54.9 Å². The van der Waals surface area contributed by atoms with Gasteiger partial charge in [0.15, 0.2) is 34.8 Å². The van der Waals surface area contributed by atoms with Crippen LogP contribution in [0.4, 0.5) is 35.1 Å². The van der Waals surface area contributed by atoms with Gasteiger partial charge in [-0.15, -0.1) is 0 Å². The first kappa shape index (κ1) is 35.3. The Morgan fingerprint density at radius 3 is 1.03 bits per heavy atom. The molecule has 0 aliphatic rings. The molecule has 0 fully saturated rings. The maximum absolute atomic E-state index is 13.3. The van der Waals surface area contributed by atoms with Crippen LogP contribution in [0.1, 0.15) is 20.7 Å². The van der Waals surface area contributed by atoms with Gasteiger partial charge in [-0.25, -0.2) is 17.6 Å². The molecule has 8 nitrogen and oxygen atoms in total. The summed E-state index contributed by atoms with van der Waals surface area (Å²) in [5.41, 5.74) is -3.66. The van der Waals surface area contributed by atoms with Gasteiger partial charge in [0.25, 0.3) is 0 Å². The fourth-order valence-electron chi connectivity index (χ4n) is 2.39. The van der Waals surface area contributed by atoms with Crippen molar-refractivity contribution in [2.45, 2.75) is 0 Å². The number of ether oxygens (including phenoxy) is 4. The van der Waals surface area contributed by atoms with Crippen molar-refractivity contribution in [3.63, 3.8) is 0 Å². The zero-order valence-electron chi connectivity index (χ0n) is 19.4. The Hall–Kier alpha value is -3.73. The van der Waals surface area contributed by atoms with Crippen molar-refractivity contribution in [2.75, 3.05) is 26.4 Å². The van der Waals surface area contributed by atoms with Crippen LogP contribution in [0.15, 0.2) is 25.7 Å². The van der Waals surface area contributed by atoms with Gasteiger partial charge >= 0.3 is 23.1 Å². The number of rotatable bonds is 12. The van der Waals surface area contributed by atoms with E-state index in [0.29, 0.717) is 0 Å². The molecule has 0 spiro atoms. The standard InChI is InChI=1S/2C11H8F4O4.Mg/c2*1-2-18-3-4-19-10-8(14)6(12)5(11(16)17)7(13)9(10)15;/h2*2H,1,3-4H2,(H,16,17);/q;;+2/p-2. The molecule has 0 saturated heterocycles. The van der Waals surface area contributed by atoms with Crippen molar-refractivity contribution in [2.24, 2.45) is 0 Å². The number of carboxylic acids is 2. The maximum atomic E-state index is 13.3. The number of aromatic carboxylic acids is 2. The van der Waals surface area contributed by atoms with Crippen LogP contribution in [0.3, 0.4) is 0 Å². The van der Waals surface area contributed by atoms with E-state index in [1.807, 2.05) is 0 Å². The summed E-state index contributed by atoms with van der Waals surface area (Å²) in [5.74, 6) is -23.7. The van der Waals surface area contributed by atoms with Gasteiger partial charge in [-0.05, 0) is 0 Å². The second kappa shape index (κ2) is 16.3. The molecule has 0 aromatic heterocycles. The minimum atomic E-state index is -2.38. The Bertz CT molecular complexity index is 1070. The van der Waals surface area contributed by atoms with Gasteiger partial charge in [0, 0.05) is 0 Å². The van der Waals surface area contributed by atoms with Crippen LogP contribution in [0.25, 0.3) is 0 Å². The van der Waals surface area contributed by atoms with E-state index in [0.717, 1.165) is 12.5 Å². The first-order valence-corrected chi connectivity index (χ1v) is 9.68. The minimum absolute atomic E-state index is 0. The van der Waals surface area contributed by atoms with Crippen LogP contribution in [0.2, 0.25) is 0 Å². The van der Waals surface area contributed by atoms with E-state index in [-0.39, 0.29) is 36.3 Å². The van der Waals surface area contributed by atoms with Crippen molar-refractivity contribution in [1.29, 1.82) is 0 Å². The summed E-state index contributed by atoms with van der Waals surface area (Å²) < 4.78 is 124. The van der Waals surface area contributed by atoms with Crippen molar-refractivity contribution in [3.05, 3.63) is 83.3 Å². The van der Waals surface area contributed by atoms with Gasteiger partial charge in [0.05, 0.1) is 35.6 Å². The molecule has 0 N–H and O–H groups in total. The van der Waals surface area contributed by atoms with E-state index >= 15 is 0 Å². The average Bonchev–Trinajstić information content (AvgIpc) is 2.85. The third kappa shape index (κ3) is 8.64. The van der Waals surface area contributed by atoms with E-state index in [2.05, 4.69) is 32.1 Å². The molecule has 17 heteroatoms. The number of carboxylic acid groups (broad SMARTS) is 2. The second-order valence-corrected chi connectivity index (χ2v) is 6.27. The topological polar surface area (TPSA) is 117 Å². The number of benzene rings is 2. The quantitative estimate of drug-likeness (QED) is 0.123.